The van der Waals surface area contributed by atoms with E-state index in [4.69, 9.17) is 9.47 Å². The van der Waals surface area contributed by atoms with Crippen LogP contribution in [0.25, 0.3) is 0 Å². The Hall–Kier alpha value is -2.46. The zero-order valence-corrected chi connectivity index (χ0v) is 20.2. The van der Waals surface area contributed by atoms with E-state index < -0.39 is 27.9 Å². The van der Waals surface area contributed by atoms with Gasteiger partial charge in [-0.1, -0.05) is 26.0 Å². The fraction of sp³-hybridized carbons (Fsp3) is 0.609. The molecule has 2 aliphatic rings. The highest BCUT2D eigenvalue weighted by atomic mass is 32.2. The van der Waals surface area contributed by atoms with Gasteiger partial charge in [0.2, 0.25) is 10.0 Å². The Morgan fingerprint density at radius 3 is 2.24 bits per heavy atom. The number of methoxy groups -OCH3 is 1. The Labute approximate surface area is 195 Å². The van der Waals surface area contributed by atoms with Gasteiger partial charge < -0.3 is 14.4 Å². The van der Waals surface area contributed by atoms with Crippen molar-refractivity contribution in [1.29, 1.82) is 0 Å². The van der Waals surface area contributed by atoms with Crippen LogP contribution in [0.4, 0.5) is 0 Å². The zero-order valence-electron chi connectivity index (χ0n) is 19.4. The van der Waals surface area contributed by atoms with E-state index in [2.05, 4.69) is 13.8 Å². The van der Waals surface area contributed by atoms with Crippen molar-refractivity contribution < 1.29 is 32.3 Å². The predicted molar refractivity (Wildman–Crippen MR) is 120 cm³/mol. The first-order valence-electron chi connectivity index (χ1n) is 11.2. The molecule has 0 N–H and O–H groups in total. The first-order valence-corrected chi connectivity index (χ1v) is 12.7. The molecule has 3 rings (SSSR count). The molecule has 2 atom stereocenters. The molecule has 0 radical (unpaired) electrons. The minimum Gasteiger partial charge on any atom is -0.465 e. The van der Waals surface area contributed by atoms with Crippen molar-refractivity contribution in [3.8, 4) is 0 Å². The molecule has 2 saturated heterocycles. The number of hydrogen-bond donors (Lipinski definition) is 0. The second kappa shape index (κ2) is 10.6. The van der Waals surface area contributed by atoms with Gasteiger partial charge in [0.25, 0.3) is 5.91 Å². The van der Waals surface area contributed by atoms with Gasteiger partial charge in [-0.15, -0.1) is 0 Å². The lowest BCUT2D eigenvalue weighted by molar-refractivity contribution is -0.157. The SMILES string of the molecule is COC(=O)c1ccccc1S(=O)(=O)N1CCC(C(=O)OCC(=O)N2CC(C)CC(C)C2)CC1. The van der Waals surface area contributed by atoms with Gasteiger partial charge in [-0.05, 0) is 43.2 Å². The molecule has 2 heterocycles. The third kappa shape index (κ3) is 5.92. The Morgan fingerprint density at radius 2 is 1.64 bits per heavy atom. The molecular formula is C23H32N2O7S. The van der Waals surface area contributed by atoms with Gasteiger partial charge in [0.05, 0.1) is 23.5 Å². The quantitative estimate of drug-likeness (QED) is 0.572. The summed E-state index contributed by atoms with van der Waals surface area (Å²) in [6.07, 6.45) is 1.64. The fourth-order valence-corrected chi connectivity index (χ4v) is 6.30. The molecule has 1 aromatic carbocycles. The van der Waals surface area contributed by atoms with Crippen LogP contribution in [-0.2, 0) is 29.1 Å². The number of hydrogen-bond acceptors (Lipinski definition) is 7. The molecule has 0 aliphatic carbocycles. The largest absolute Gasteiger partial charge is 0.465 e. The minimum atomic E-state index is -3.93. The Bertz CT molecular complexity index is 976. The third-order valence-electron chi connectivity index (χ3n) is 6.26. The molecule has 1 aromatic rings. The number of sulfonamides is 1. The zero-order chi connectivity index (χ0) is 24.2. The van der Waals surface area contributed by atoms with Crippen molar-refractivity contribution in [3.63, 3.8) is 0 Å². The minimum absolute atomic E-state index is 0.0265. The lowest BCUT2D eigenvalue weighted by atomic mass is 9.92. The molecule has 0 aromatic heterocycles. The molecule has 2 unspecified atom stereocenters. The van der Waals surface area contributed by atoms with Gasteiger partial charge in [-0.2, -0.15) is 4.31 Å². The molecule has 2 fully saturated rings. The highest BCUT2D eigenvalue weighted by molar-refractivity contribution is 7.89. The fourth-order valence-electron chi connectivity index (χ4n) is 4.65. The lowest BCUT2D eigenvalue weighted by Crippen LogP contribution is -2.45. The van der Waals surface area contributed by atoms with Crippen molar-refractivity contribution in [2.45, 2.75) is 38.0 Å². The van der Waals surface area contributed by atoms with E-state index in [1.54, 1.807) is 17.0 Å². The number of piperidine rings is 2. The van der Waals surface area contributed by atoms with Crippen LogP contribution in [0.1, 0.15) is 43.5 Å². The molecular weight excluding hydrogens is 448 g/mol. The maximum absolute atomic E-state index is 13.1. The summed E-state index contributed by atoms with van der Waals surface area (Å²) in [6, 6.07) is 5.89. The van der Waals surface area contributed by atoms with Gasteiger partial charge >= 0.3 is 11.9 Å². The summed E-state index contributed by atoms with van der Waals surface area (Å²) in [7, 11) is -2.73. The van der Waals surface area contributed by atoms with Crippen LogP contribution < -0.4 is 0 Å². The molecule has 182 valence electrons. The van der Waals surface area contributed by atoms with Crippen molar-refractivity contribution >= 4 is 27.9 Å². The molecule has 33 heavy (non-hydrogen) atoms. The first kappa shape index (κ1) is 25.2. The molecule has 10 heteroatoms. The molecule has 1 amide bonds. The van der Waals surface area contributed by atoms with Gasteiger partial charge in [-0.3, -0.25) is 9.59 Å². The van der Waals surface area contributed by atoms with E-state index in [9.17, 15) is 22.8 Å². The summed E-state index contributed by atoms with van der Waals surface area (Å²) in [5, 5.41) is 0. The lowest BCUT2D eigenvalue weighted by Gasteiger charge is -2.35. The van der Waals surface area contributed by atoms with Crippen molar-refractivity contribution in [2.75, 3.05) is 39.9 Å². The Balaban J connectivity index is 1.55. The summed E-state index contributed by atoms with van der Waals surface area (Å²) in [5.41, 5.74) is -0.0265. The molecule has 2 aliphatic heterocycles. The van der Waals surface area contributed by atoms with E-state index in [0.717, 1.165) is 6.42 Å². The van der Waals surface area contributed by atoms with Crippen LogP contribution in [-0.4, -0.2) is 75.4 Å². The normalized spacial score (nSPS) is 22.6. The average Bonchev–Trinajstić information content (AvgIpc) is 2.81. The van der Waals surface area contributed by atoms with Crippen LogP contribution in [0.5, 0.6) is 0 Å². The summed E-state index contributed by atoms with van der Waals surface area (Å²) in [5.74, 6) is -1.03. The van der Waals surface area contributed by atoms with Gasteiger partial charge in [0, 0.05) is 26.2 Å². The highest BCUT2D eigenvalue weighted by Gasteiger charge is 2.35. The van der Waals surface area contributed by atoms with Crippen LogP contribution in [0.3, 0.4) is 0 Å². The molecule has 0 spiro atoms. The highest BCUT2D eigenvalue weighted by Crippen LogP contribution is 2.27. The maximum Gasteiger partial charge on any atom is 0.339 e. The van der Waals surface area contributed by atoms with Crippen molar-refractivity contribution in [1.82, 2.24) is 9.21 Å². The smallest absolute Gasteiger partial charge is 0.339 e. The summed E-state index contributed by atoms with van der Waals surface area (Å²) in [4.78, 5) is 38.6. The summed E-state index contributed by atoms with van der Waals surface area (Å²) >= 11 is 0. The number of ether oxygens (including phenoxy) is 2. The van der Waals surface area contributed by atoms with Crippen molar-refractivity contribution in [3.05, 3.63) is 29.8 Å². The van der Waals surface area contributed by atoms with Crippen LogP contribution in [0, 0.1) is 17.8 Å². The van der Waals surface area contributed by atoms with E-state index >= 15 is 0 Å². The predicted octanol–water partition coefficient (Wildman–Crippen LogP) is 1.92. The van der Waals surface area contributed by atoms with E-state index in [0.29, 0.717) is 24.9 Å². The Morgan fingerprint density at radius 1 is 1.03 bits per heavy atom. The number of amides is 1. The van der Waals surface area contributed by atoms with E-state index in [-0.39, 0.29) is 48.9 Å². The van der Waals surface area contributed by atoms with Crippen LogP contribution in [0.2, 0.25) is 0 Å². The molecule has 0 bridgehead atoms. The number of esters is 2. The van der Waals surface area contributed by atoms with E-state index in [1.165, 1.54) is 23.5 Å². The van der Waals surface area contributed by atoms with E-state index in [1.807, 2.05) is 0 Å². The second-order valence-electron chi connectivity index (χ2n) is 9.02. The molecule has 9 nitrogen and oxygen atoms in total. The summed E-state index contributed by atoms with van der Waals surface area (Å²) < 4.78 is 37.4. The number of rotatable bonds is 6. The standard InChI is InChI=1S/C23H32N2O7S/c1-16-12-17(2)14-24(13-16)21(26)15-32-22(27)18-8-10-25(11-9-18)33(29,30)20-7-5-4-6-19(20)23(28)31-3/h4-7,16-18H,8-15H2,1-3H3. The number of likely N-dealkylation sites (tertiary alicyclic amines) is 1. The van der Waals surface area contributed by atoms with Crippen LogP contribution in [0.15, 0.2) is 29.2 Å². The monoisotopic (exact) mass is 480 g/mol. The number of carbonyl (C=O) groups excluding carboxylic acids is 3. The Kier molecular flexibility index (Phi) is 8.12. The topological polar surface area (TPSA) is 110 Å². The van der Waals surface area contributed by atoms with Crippen molar-refractivity contribution in [2.24, 2.45) is 17.8 Å². The number of carbonyl (C=O) groups is 3. The maximum atomic E-state index is 13.1. The second-order valence-corrected chi connectivity index (χ2v) is 10.9. The molecule has 0 saturated carbocycles. The van der Waals surface area contributed by atoms with Gasteiger partial charge in [-0.25, -0.2) is 13.2 Å². The number of benzene rings is 1. The van der Waals surface area contributed by atoms with Crippen LogP contribution >= 0.6 is 0 Å². The first-order chi connectivity index (χ1) is 15.6. The van der Waals surface area contributed by atoms with Gasteiger partial charge in [0.15, 0.2) is 6.61 Å². The number of nitrogens with zero attached hydrogens (tertiary/aromatic N) is 2. The average molecular weight is 481 g/mol. The summed E-state index contributed by atoms with van der Waals surface area (Å²) in [6.45, 7) is 5.50. The third-order valence-corrected chi connectivity index (χ3v) is 8.21. The van der Waals surface area contributed by atoms with Gasteiger partial charge in [0.1, 0.15) is 0 Å².